The molecule has 37 heavy (non-hydrogen) atoms. The highest BCUT2D eigenvalue weighted by molar-refractivity contribution is 5.29. The van der Waals surface area contributed by atoms with Gasteiger partial charge in [0.1, 0.15) is 5.75 Å². The Balaban J connectivity index is 1.42. The highest BCUT2D eigenvalue weighted by Gasteiger charge is 2.24. The van der Waals surface area contributed by atoms with Crippen molar-refractivity contribution in [2.24, 2.45) is 0 Å². The summed E-state index contributed by atoms with van der Waals surface area (Å²) in [5.41, 5.74) is 6.93. The van der Waals surface area contributed by atoms with Crippen molar-refractivity contribution in [3.63, 3.8) is 0 Å². The van der Waals surface area contributed by atoms with E-state index in [0.717, 1.165) is 31.6 Å². The van der Waals surface area contributed by atoms with E-state index in [1.165, 1.54) is 47.1 Å². The third-order valence-corrected chi connectivity index (χ3v) is 7.31. The molecule has 0 heterocycles. The summed E-state index contributed by atoms with van der Waals surface area (Å²) in [7, 11) is 1.72. The molecule has 0 fully saturated rings. The molecule has 2 unspecified atom stereocenters. The third-order valence-electron chi connectivity index (χ3n) is 7.31. The van der Waals surface area contributed by atoms with Crippen molar-refractivity contribution in [1.29, 1.82) is 0 Å². The third kappa shape index (κ3) is 8.33. The Bertz CT molecular complexity index is 1150. The van der Waals surface area contributed by atoms with Gasteiger partial charge in [0.15, 0.2) is 0 Å². The molecule has 2 heteroatoms. The first-order valence-corrected chi connectivity index (χ1v) is 13.7. The number of rotatable bonds is 14. The molecule has 4 rings (SSSR count). The fourth-order valence-corrected chi connectivity index (χ4v) is 5.17. The summed E-state index contributed by atoms with van der Waals surface area (Å²) in [6.07, 6.45) is 6.90. The lowest BCUT2D eigenvalue weighted by Gasteiger charge is -2.30. The predicted molar refractivity (Wildman–Crippen MR) is 156 cm³/mol. The predicted octanol–water partition coefficient (Wildman–Crippen LogP) is 8.46. The van der Waals surface area contributed by atoms with E-state index in [4.69, 9.17) is 4.74 Å². The number of methoxy groups -OCH3 is 1. The van der Waals surface area contributed by atoms with Crippen LogP contribution in [-0.4, -0.2) is 13.7 Å². The Morgan fingerprint density at radius 2 is 1.19 bits per heavy atom. The van der Waals surface area contributed by atoms with Crippen molar-refractivity contribution in [1.82, 2.24) is 5.32 Å². The molecule has 192 valence electrons. The minimum absolute atomic E-state index is 0.291. The van der Waals surface area contributed by atoms with E-state index in [0.29, 0.717) is 12.0 Å². The molecule has 4 aromatic rings. The van der Waals surface area contributed by atoms with Crippen LogP contribution in [-0.2, 0) is 12.8 Å². The van der Waals surface area contributed by atoms with Crippen LogP contribution in [0.15, 0.2) is 109 Å². The van der Waals surface area contributed by atoms with Crippen molar-refractivity contribution in [3.8, 4) is 5.75 Å². The number of ether oxygens (including phenoxy) is 1. The molecule has 0 aromatic heterocycles. The van der Waals surface area contributed by atoms with Crippen LogP contribution in [0.2, 0.25) is 0 Å². The van der Waals surface area contributed by atoms with Gasteiger partial charge in [0.2, 0.25) is 0 Å². The molecule has 0 saturated heterocycles. The molecule has 0 amide bonds. The van der Waals surface area contributed by atoms with Gasteiger partial charge in [-0.1, -0.05) is 109 Å². The van der Waals surface area contributed by atoms with Crippen LogP contribution in [0.4, 0.5) is 0 Å². The second kappa shape index (κ2) is 14.4. The van der Waals surface area contributed by atoms with Crippen LogP contribution in [0.3, 0.4) is 0 Å². The number of nitrogens with one attached hydrogen (secondary N) is 1. The van der Waals surface area contributed by atoms with E-state index in [9.17, 15) is 0 Å². The Kier molecular flexibility index (Phi) is 10.4. The lowest BCUT2D eigenvalue weighted by molar-refractivity contribution is 0.410. The molecular weight excluding hydrogens is 450 g/mol. The van der Waals surface area contributed by atoms with E-state index in [2.05, 4.69) is 121 Å². The largest absolute Gasteiger partial charge is 0.497 e. The molecule has 0 saturated carbocycles. The van der Waals surface area contributed by atoms with Crippen LogP contribution >= 0.6 is 0 Å². The zero-order valence-corrected chi connectivity index (χ0v) is 22.4. The van der Waals surface area contributed by atoms with Crippen molar-refractivity contribution in [2.75, 3.05) is 13.7 Å². The zero-order valence-electron chi connectivity index (χ0n) is 22.4. The zero-order chi connectivity index (χ0) is 25.7. The lowest BCUT2D eigenvalue weighted by Crippen LogP contribution is -2.28. The number of benzene rings is 4. The van der Waals surface area contributed by atoms with Crippen molar-refractivity contribution >= 4 is 0 Å². The first-order chi connectivity index (χ1) is 18.2. The quantitative estimate of drug-likeness (QED) is 0.179. The maximum absolute atomic E-state index is 5.30. The topological polar surface area (TPSA) is 21.3 Å². The second-order valence-corrected chi connectivity index (χ2v) is 10.0. The van der Waals surface area contributed by atoms with Crippen molar-refractivity contribution in [3.05, 3.63) is 137 Å². The highest BCUT2D eigenvalue weighted by atomic mass is 16.5. The van der Waals surface area contributed by atoms with Crippen LogP contribution in [0.1, 0.15) is 65.5 Å². The SMILES string of the molecule is COc1ccc(CCCNC(c2ccccc2)C(CCCCc2ccc(C)cc2)c2ccccc2)cc1. The summed E-state index contributed by atoms with van der Waals surface area (Å²) in [6, 6.07) is 39.9. The molecule has 1 N–H and O–H groups in total. The minimum Gasteiger partial charge on any atom is -0.497 e. The number of aryl methyl sites for hydroxylation is 3. The monoisotopic (exact) mass is 491 g/mol. The Labute approximate surface area is 223 Å². The Morgan fingerprint density at radius 1 is 0.622 bits per heavy atom. The maximum atomic E-state index is 5.30. The van der Waals surface area contributed by atoms with Gasteiger partial charge in [0.25, 0.3) is 0 Å². The summed E-state index contributed by atoms with van der Waals surface area (Å²) in [5, 5.41) is 3.97. The Morgan fingerprint density at radius 3 is 1.81 bits per heavy atom. The molecule has 0 spiro atoms. The summed E-state index contributed by atoms with van der Waals surface area (Å²) in [5.74, 6) is 1.35. The van der Waals surface area contributed by atoms with Crippen LogP contribution in [0.25, 0.3) is 0 Å². The number of hydrogen-bond acceptors (Lipinski definition) is 2. The molecule has 2 nitrogen and oxygen atoms in total. The van der Waals surface area contributed by atoms with Gasteiger partial charge in [0.05, 0.1) is 7.11 Å². The lowest BCUT2D eigenvalue weighted by atomic mass is 9.83. The van der Waals surface area contributed by atoms with Crippen molar-refractivity contribution < 1.29 is 4.74 Å². The molecule has 0 aliphatic carbocycles. The van der Waals surface area contributed by atoms with Gasteiger partial charge in [-0.2, -0.15) is 0 Å². The maximum Gasteiger partial charge on any atom is 0.118 e. The summed E-state index contributed by atoms with van der Waals surface area (Å²) >= 11 is 0. The van der Waals surface area contributed by atoms with Gasteiger partial charge in [-0.15, -0.1) is 0 Å². The summed E-state index contributed by atoms with van der Waals surface area (Å²) in [6.45, 7) is 3.14. The smallest absolute Gasteiger partial charge is 0.118 e. The first kappa shape index (κ1) is 26.7. The Hall–Kier alpha value is -3.36. The van der Waals surface area contributed by atoms with Gasteiger partial charge in [-0.05, 0) is 80.0 Å². The molecular formula is C35H41NO. The van der Waals surface area contributed by atoms with E-state index in [1.807, 2.05) is 0 Å². The van der Waals surface area contributed by atoms with Gasteiger partial charge in [0, 0.05) is 12.0 Å². The fourth-order valence-electron chi connectivity index (χ4n) is 5.17. The van der Waals surface area contributed by atoms with E-state index < -0.39 is 0 Å². The van der Waals surface area contributed by atoms with Gasteiger partial charge in [-0.25, -0.2) is 0 Å². The summed E-state index contributed by atoms with van der Waals surface area (Å²) in [4.78, 5) is 0. The molecule has 0 bridgehead atoms. The van der Waals surface area contributed by atoms with Gasteiger partial charge in [-0.3, -0.25) is 0 Å². The second-order valence-electron chi connectivity index (χ2n) is 10.0. The normalized spacial score (nSPS) is 12.7. The standard InChI is InChI=1S/C35H41NO/c1-28-19-21-29(22-20-28)12-9-10-18-34(31-14-5-3-6-15-31)35(32-16-7-4-8-17-32)36-27-11-13-30-23-25-33(37-2)26-24-30/h3-8,14-17,19-26,34-36H,9-13,18,27H2,1-2H3. The average Bonchev–Trinajstić information content (AvgIpc) is 2.96. The summed E-state index contributed by atoms with van der Waals surface area (Å²) < 4.78 is 5.30. The number of unbranched alkanes of at least 4 members (excludes halogenated alkanes) is 1. The highest BCUT2D eigenvalue weighted by Crippen LogP contribution is 2.35. The van der Waals surface area contributed by atoms with Crippen molar-refractivity contribution in [2.45, 2.75) is 57.4 Å². The number of hydrogen-bond donors (Lipinski definition) is 1. The van der Waals surface area contributed by atoms with Gasteiger partial charge < -0.3 is 10.1 Å². The van der Waals surface area contributed by atoms with E-state index in [-0.39, 0.29) is 0 Å². The molecule has 0 aliphatic heterocycles. The van der Waals surface area contributed by atoms with Gasteiger partial charge >= 0.3 is 0 Å². The minimum atomic E-state index is 0.291. The molecule has 0 radical (unpaired) electrons. The molecule has 4 aromatic carbocycles. The average molecular weight is 492 g/mol. The van der Waals surface area contributed by atoms with E-state index >= 15 is 0 Å². The van der Waals surface area contributed by atoms with Crippen LogP contribution < -0.4 is 10.1 Å². The molecule has 0 aliphatic rings. The fraction of sp³-hybridized carbons (Fsp3) is 0.314. The van der Waals surface area contributed by atoms with Crippen LogP contribution in [0.5, 0.6) is 5.75 Å². The first-order valence-electron chi connectivity index (χ1n) is 13.7. The van der Waals surface area contributed by atoms with E-state index in [1.54, 1.807) is 7.11 Å². The van der Waals surface area contributed by atoms with Crippen LogP contribution in [0, 0.1) is 6.92 Å². The molecule has 2 atom stereocenters.